The van der Waals surface area contributed by atoms with Crippen LogP contribution in [0.2, 0.25) is 0 Å². The lowest BCUT2D eigenvalue weighted by Crippen LogP contribution is -2.38. The van der Waals surface area contributed by atoms with E-state index >= 15 is 0 Å². The van der Waals surface area contributed by atoms with Crippen LogP contribution in [0.4, 0.5) is 15.8 Å². The SMILES string of the molecule is CCOc1ccc(S(=O)(=O)N(CC(=O)Nc2ccccc2OC)c2ccc(F)cc2)cc1. The summed E-state index contributed by atoms with van der Waals surface area (Å²) in [6.45, 7) is 1.73. The predicted octanol–water partition coefficient (Wildman–Crippen LogP) is 4.07. The van der Waals surface area contributed by atoms with Crippen LogP contribution in [0, 0.1) is 5.82 Å². The van der Waals surface area contributed by atoms with Crippen LogP contribution in [0.5, 0.6) is 11.5 Å². The summed E-state index contributed by atoms with van der Waals surface area (Å²) in [6, 6.07) is 17.5. The molecule has 0 spiro atoms. The first kappa shape index (κ1) is 23.1. The van der Waals surface area contributed by atoms with Gasteiger partial charge in [0.2, 0.25) is 5.91 Å². The average molecular weight is 459 g/mol. The molecule has 0 radical (unpaired) electrons. The van der Waals surface area contributed by atoms with Crippen LogP contribution in [0.25, 0.3) is 0 Å². The highest BCUT2D eigenvalue weighted by molar-refractivity contribution is 7.92. The van der Waals surface area contributed by atoms with E-state index in [1.165, 1.54) is 43.5 Å². The Bertz CT molecular complexity index is 1170. The van der Waals surface area contributed by atoms with Gasteiger partial charge in [0.25, 0.3) is 10.0 Å². The second kappa shape index (κ2) is 10.1. The lowest BCUT2D eigenvalue weighted by molar-refractivity contribution is -0.114. The van der Waals surface area contributed by atoms with Gasteiger partial charge >= 0.3 is 0 Å². The van der Waals surface area contributed by atoms with E-state index in [0.717, 1.165) is 16.4 Å². The second-order valence-corrected chi connectivity index (χ2v) is 8.50. The van der Waals surface area contributed by atoms with E-state index in [1.807, 2.05) is 6.92 Å². The molecule has 168 valence electrons. The van der Waals surface area contributed by atoms with Crippen molar-refractivity contribution in [2.45, 2.75) is 11.8 Å². The van der Waals surface area contributed by atoms with E-state index in [2.05, 4.69) is 5.32 Å². The molecule has 0 bridgehead atoms. The number of carbonyl (C=O) groups excluding carboxylic acids is 1. The van der Waals surface area contributed by atoms with Gasteiger partial charge in [-0.1, -0.05) is 12.1 Å². The number of methoxy groups -OCH3 is 1. The standard InChI is InChI=1S/C23H23FN2O5S/c1-3-31-19-12-14-20(15-13-19)32(28,29)26(18-10-8-17(24)9-11-18)16-23(27)25-21-6-4-5-7-22(21)30-2/h4-15H,3,16H2,1-2H3,(H,25,27). The summed E-state index contributed by atoms with van der Waals surface area (Å²) in [6.07, 6.45) is 0. The van der Waals surface area contributed by atoms with Crippen molar-refractivity contribution in [1.82, 2.24) is 0 Å². The molecule has 0 heterocycles. The average Bonchev–Trinajstić information content (AvgIpc) is 2.79. The fraction of sp³-hybridized carbons (Fsp3) is 0.174. The monoisotopic (exact) mass is 458 g/mol. The molecule has 1 amide bonds. The lowest BCUT2D eigenvalue weighted by atomic mass is 10.3. The molecule has 0 saturated heterocycles. The van der Waals surface area contributed by atoms with Crippen molar-refractivity contribution in [3.8, 4) is 11.5 Å². The van der Waals surface area contributed by atoms with Crippen molar-refractivity contribution >= 4 is 27.3 Å². The van der Waals surface area contributed by atoms with Crippen LogP contribution in [-0.2, 0) is 14.8 Å². The minimum absolute atomic E-state index is 0.0321. The van der Waals surface area contributed by atoms with Gasteiger partial charge < -0.3 is 14.8 Å². The highest BCUT2D eigenvalue weighted by atomic mass is 32.2. The summed E-state index contributed by atoms with van der Waals surface area (Å²) < 4.78 is 51.7. The van der Waals surface area contributed by atoms with Crippen LogP contribution >= 0.6 is 0 Å². The molecule has 7 nitrogen and oxygen atoms in total. The minimum Gasteiger partial charge on any atom is -0.495 e. The Morgan fingerprint density at radius 3 is 2.28 bits per heavy atom. The number of hydrogen-bond acceptors (Lipinski definition) is 5. The maximum Gasteiger partial charge on any atom is 0.264 e. The Hall–Kier alpha value is -3.59. The van der Waals surface area contributed by atoms with Gasteiger partial charge in [0.05, 0.1) is 30.0 Å². The van der Waals surface area contributed by atoms with E-state index in [0.29, 0.717) is 23.8 Å². The summed E-state index contributed by atoms with van der Waals surface area (Å²) in [7, 11) is -2.67. The van der Waals surface area contributed by atoms with Crippen LogP contribution < -0.4 is 19.1 Å². The maximum atomic E-state index is 13.4. The smallest absolute Gasteiger partial charge is 0.264 e. The molecule has 3 aromatic rings. The summed E-state index contributed by atoms with van der Waals surface area (Å²) in [5.74, 6) is -0.156. The summed E-state index contributed by atoms with van der Waals surface area (Å²) in [4.78, 5) is 12.7. The molecular weight excluding hydrogens is 435 g/mol. The number of nitrogens with zero attached hydrogens (tertiary/aromatic N) is 1. The Kier molecular flexibility index (Phi) is 7.32. The molecule has 1 N–H and O–H groups in total. The quantitative estimate of drug-likeness (QED) is 0.523. The van der Waals surface area contributed by atoms with Crippen molar-refractivity contribution in [2.75, 3.05) is 29.9 Å². The third-order valence-corrected chi connectivity index (χ3v) is 6.29. The molecule has 0 aliphatic heterocycles. The van der Waals surface area contributed by atoms with Crippen molar-refractivity contribution in [2.24, 2.45) is 0 Å². The van der Waals surface area contributed by atoms with Crippen molar-refractivity contribution in [3.63, 3.8) is 0 Å². The molecular formula is C23H23FN2O5S. The molecule has 0 fully saturated rings. The molecule has 0 aliphatic carbocycles. The molecule has 9 heteroatoms. The first-order valence-corrected chi connectivity index (χ1v) is 11.2. The molecule has 0 saturated carbocycles. The first-order valence-electron chi connectivity index (χ1n) is 9.79. The zero-order valence-electron chi connectivity index (χ0n) is 17.6. The third-order valence-electron chi connectivity index (χ3n) is 4.51. The topological polar surface area (TPSA) is 84.9 Å². The van der Waals surface area contributed by atoms with E-state index in [-0.39, 0.29) is 10.6 Å². The van der Waals surface area contributed by atoms with E-state index < -0.39 is 28.3 Å². The molecule has 0 aromatic heterocycles. The molecule has 0 aliphatic rings. The van der Waals surface area contributed by atoms with Gasteiger partial charge in [-0.15, -0.1) is 0 Å². The molecule has 3 rings (SSSR count). The second-order valence-electron chi connectivity index (χ2n) is 6.64. The van der Waals surface area contributed by atoms with Gasteiger partial charge in [0, 0.05) is 0 Å². The number of amides is 1. The lowest BCUT2D eigenvalue weighted by Gasteiger charge is -2.24. The Morgan fingerprint density at radius 2 is 1.66 bits per heavy atom. The molecule has 3 aromatic carbocycles. The summed E-state index contributed by atoms with van der Waals surface area (Å²) >= 11 is 0. The van der Waals surface area contributed by atoms with Crippen LogP contribution in [-0.4, -0.2) is 34.6 Å². The van der Waals surface area contributed by atoms with Crippen LogP contribution in [0.1, 0.15) is 6.92 Å². The summed E-state index contributed by atoms with van der Waals surface area (Å²) in [5.41, 5.74) is 0.549. The first-order chi connectivity index (χ1) is 15.3. The van der Waals surface area contributed by atoms with Gasteiger partial charge in [-0.05, 0) is 67.6 Å². The number of hydrogen-bond donors (Lipinski definition) is 1. The maximum absolute atomic E-state index is 13.4. The summed E-state index contributed by atoms with van der Waals surface area (Å²) in [5, 5.41) is 2.66. The third kappa shape index (κ3) is 5.36. The van der Waals surface area contributed by atoms with Crippen molar-refractivity contribution in [1.29, 1.82) is 0 Å². The Morgan fingerprint density at radius 1 is 1.00 bits per heavy atom. The number of para-hydroxylation sites is 2. The number of carbonyl (C=O) groups is 1. The van der Waals surface area contributed by atoms with Gasteiger partial charge in [0.1, 0.15) is 23.9 Å². The van der Waals surface area contributed by atoms with Gasteiger partial charge in [-0.3, -0.25) is 9.10 Å². The molecule has 0 atom stereocenters. The number of halogens is 1. The number of anilines is 2. The van der Waals surface area contributed by atoms with Crippen LogP contribution in [0.3, 0.4) is 0 Å². The number of benzene rings is 3. The Labute approximate surface area is 186 Å². The Balaban J connectivity index is 1.93. The van der Waals surface area contributed by atoms with Gasteiger partial charge in [-0.2, -0.15) is 0 Å². The number of sulfonamides is 1. The number of rotatable bonds is 9. The normalized spacial score (nSPS) is 11.0. The zero-order chi connectivity index (χ0) is 23.1. The number of nitrogens with one attached hydrogen (secondary N) is 1. The molecule has 0 unspecified atom stereocenters. The number of ether oxygens (including phenoxy) is 2. The van der Waals surface area contributed by atoms with E-state index in [1.54, 1.807) is 24.3 Å². The molecule has 32 heavy (non-hydrogen) atoms. The zero-order valence-corrected chi connectivity index (χ0v) is 18.4. The fourth-order valence-corrected chi connectivity index (χ4v) is 4.41. The van der Waals surface area contributed by atoms with Crippen molar-refractivity contribution < 1.29 is 27.1 Å². The highest BCUT2D eigenvalue weighted by Crippen LogP contribution is 2.27. The fourth-order valence-electron chi connectivity index (χ4n) is 2.99. The highest BCUT2D eigenvalue weighted by Gasteiger charge is 2.27. The van der Waals surface area contributed by atoms with E-state index in [9.17, 15) is 17.6 Å². The largest absolute Gasteiger partial charge is 0.495 e. The minimum atomic E-state index is -4.14. The van der Waals surface area contributed by atoms with Gasteiger partial charge in [-0.25, -0.2) is 12.8 Å². The van der Waals surface area contributed by atoms with Crippen molar-refractivity contribution in [3.05, 3.63) is 78.6 Å². The van der Waals surface area contributed by atoms with E-state index in [4.69, 9.17) is 9.47 Å². The van der Waals surface area contributed by atoms with Crippen LogP contribution in [0.15, 0.2) is 77.7 Å². The van der Waals surface area contributed by atoms with Gasteiger partial charge in [0.15, 0.2) is 0 Å². The predicted molar refractivity (Wildman–Crippen MR) is 120 cm³/mol.